The van der Waals surface area contributed by atoms with E-state index in [9.17, 15) is 4.79 Å². The van der Waals surface area contributed by atoms with Gasteiger partial charge in [-0.25, -0.2) is 4.98 Å². The molecule has 1 aromatic rings. The van der Waals surface area contributed by atoms with Gasteiger partial charge in [0.1, 0.15) is 5.69 Å². The molecule has 3 nitrogen and oxygen atoms in total. The maximum atomic E-state index is 10.2. The van der Waals surface area contributed by atoms with Crippen molar-refractivity contribution in [2.75, 3.05) is 6.61 Å². The van der Waals surface area contributed by atoms with Gasteiger partial charge in [-0.3, -0.25) is 4.79 Å². The fourth-order valence-corrected chi connectivity index (χ4v) is 1.16. The predicted molar refractivity (Wildman–Crippen MR) is 46.1 cm³/mol. The predicted octanol–water partition coefficient (Wildman–Crippen LogP) is 0.690. The lowest BCUT2D eigenvalue weighted by molar-refractivity contribution is 0.112. The normalized spacial score (nSPS) is 8.75. The largest absolute Gasteiger partial charge is 0.395 e. The van der Waals surface area contributed by atoms with Crippen molar-refractivity contribution in [3.8, 4) is 11.8 Å². The summed E-state index contributed by atoms with van der Waals surface area (Å²) in [5.74, 6) is 5.45. The molecule has 0 aliphatic carbocycles. The van der Waals surface area contributed by atoms with Gasteiger partial charge in [0.05, 0.1) is 6.61 Å². The quantitative estimate of drug-likeness (QED) is 0.539. The van der Waals surface area contributed by atoms with Crippen LogP contribution in [0, 0.1) is 11.8 Å². The minimum atomic E-state index is 0.0532. The molecule has 12 heavy (non-hydrogen) atoms. The standard InChI is InChI=1S/C8H7NO2S/c10-4-2-1-3-7-6-12-8(5-11)9-7/h5-6,10H,2,4H2. The summed E-state index contributed by atoms with van der Waals surface area (Å²) in [5, 5.41) is 10.6. The topological polar surface area (TPSA) is 50.2 Å². The number of carbonyl (C=O) groups is 1. The number of thiazole rings is 1. The average molecular weight is 181 g/mol. The van der Waals surface area contributed by atoms with Crippen molar-refractivity contribution in [1.29, 1.82) is 0 Å². The molecule has 0 fully saturated rings. The molecule has 0 bridgehead atoms. The Morgan fingerprint density at radius 1 is 1.75 bits per heavy atom. The molecule has 0 aliphatic rings. The van der Waals surface area contributed by atoms with Crippen LogP contribution in [0.1, 0.15) is 21.9 Å². The number of aliphatic hydroxyl groups is 1. The Bertz CT molecular complexity index is 321. The summed E-state index contributed by atoms with van der Waals surface area (Å²) < 4.78 is 0. The van der Waals surface area contributed by atoms with Crippen LogP contribution in [0.3, 0.4) is 0 Å². The molecule has 62 valence electrons. The van der Waals surface area contributed by atoms with Crippen molar-refractivity contribution < 1.29 is 9.90 Å². The molecular formula is C8H7NO2S. The van der Waals surface area contributed by atoms with Crippen LogP contribution in [0.4, 0.5) is 0 Å². The van der Waals surface area contributed by atoms with E-state index in [1.165, 1.54) is 11.3 Å². The van der Waals surface area contributed by atoms with Crippen molar-refractivity contribution >= 4 is 17.6 Å². The molecule has 1 heterocycles. The number of aromatic nitrogens is 1. The third-order valence-electron chi connectivity index (χ3n) is 1.08. The van der Waals surface area contributed by atoms with E-state index in [1.807, 2.05) is 0 Å². The molecule has 0 saturated carbocycles. The smallest absolute Gasteiger partial charge is 0.178 e. The Balaban J connectivity index is 2.65. The number of nitrogens with zero attached hydrogens (tertiary/aromatic N) is 1. The first-order valence-electron chi connectivity index (χ1n) is 3.37. The number of carbonyl (C=O) groups excluding carboxylic acids is 1. The second kappa shape index (κ2) is 4.65. The molecule has 0 saturated heterocycles. The summed E-state index contributed by atoms with van der Waals surface area (Å²) in [7, 11) is 0. The van der Waals surface area contributed by atoms with Crippen LogP contribution in [0.15, 0.2) is 5.38 Å². The van der Waals surface area contributed by atoms with Crippen LogP contribution in [0.25, 0.3) is 0 Å². The fourth-order valence-electron chi connectivity index (χ4n) is 0.608. The Morgan fingerprint density at radius 3 is 3.17 bits per heavy atom. The fraction of sp³-hybridized carbons (Fsp3) is 0.250. The summed E-state index contributed by atoms with van der Waals surface area (Å²) >= 11 is 1.26. The number of aliphatic hydroxyl groups excluding tert-OH is 1. The van der Waals surface area contributed by atoms with E-state index >= 15 is 0 Å². The van der Waals surface area contributed by atoms with Crippen molar-refractivity contribution in [3.63, 3.8) is 0 Å². The summed E-state index contributed by atoms with van der Waals surface area (Å²) in [5.41, 5.74) is 0.593. The molecule has 0 atom stereocenters. The number of rotatable bonds is 2. The second-order valence-electron chi connectivity index (χ2n) is 1.96. The molecule has 0 radical (unpaired) electrons. The maximum Gasteiger partial charge on any atom is 0.178 e. The lowest BCUT2D eigenvalue weighted by atomic mass is 10.4. The summed E-state index contributed by atoms with van der Waals surface area (Å²) in [6, 6.07) is 0. The number of hydrogen-bond donors (Lipinski definition) is 1. The van der Waals surface area contributed by atoms with Gasteiger partial charge in [-0.1, -0.05) is 5.92 Å². The van der Waals surface area contributed by atoms with Gasteiger partial charge in [-0.15, -0.1) is 11.3 Å². The lowest BCUT2D eigenvalue weighted by Gasteiger charge is -1.77. The van der Waals surface area contributed by atoms with E-state index in [0.29, 0.717) is 23.4 Å². The highest BCUT2D eigenvalue weighted by atomic mass is 32.1. The van der Waals surface area contributed by atoms with Gasteiger partial charge >= 0.3 is 0 Å². The van der Waals surface area contributed by atoms with Crippen LogP contribution in [-0.4, -0.2) is 23.0 Å². The zero-order valence-electron chi connectivity index (χ0n) is 6.28. The van der Waals surface area contributed by atoms with Crippen LogP contribution in [0.2, 0.25) is 0 Å². The van der Waals surface area contributed by atoms with E-state index in [4.69, 9.17) is 5.11 Å². The zero-order chi connectivity index (χ0) is 8.81. The molecule has 0 aromatic carbocycles. The van der Waals surface area contributed by atoms with Crippen molar-refractivity contribution in [2.24, 2.45) is 0 Å². The van der Waals surface area contributed by atoms with Crippen LogP contribution in [0.5, 0.6) is 0 Å². The van der Waals surface area contributed by atoms with Gasteiger partial charge in [-0.05, 0) is 5.92 Å². The third-order valence-corrected chi connectivity index (χ3v) is 1.85. The highest BCUT2D eigenvalue weighted by Crippen LogP contribution is 2.05. The maximum absolute atomic E-state index is 10.2. The Kier molecular flexibility index (Phi) is 3.45. The van der Waals surface area contributed by atoms with E-state index in [0.717, 1.165) is 0 Å². The molecule has 1 aromatic heterocycles. The first-order valence-corrected chi connectivity index (χ1v) is 4.25. The summed E-state index contributed by atoms with van der Waals surface area (Å²) in [4.78, 5) is 14.1. The van der Waals surface area contributed by atoms with Gasteiger partial charge in [0.2, 0.25) is 0 Å². The molecule has 4 heteroatoms. The van der Waals surface area contributed by atoms with Gasteiger partial charge in [0.15, 0.2) is 11.3 Å². The molecule has 0 amide bonds. The van der Waals surface area contributed by atoms with Crippen LogP contribution >= 0.6 is 11.3 Å². The van der Waals surface area contributed by atoms with Crippen LogP contribution in [-0.2, 0) is 0 Å². The molecule has 1 rings (SSSR count). The zero-order valence-corrected chi connectivity index (χ0v) is 7.10. The lowest BCUT2D eigenvalue weighted by Crippen LogP contribution is -1.79. The van der Waals surface area contributed by atoms with E-state index < -0.39 is 0 Å². The van der Waals surface area contributed by atoms with Gasteiger partial charge in [0.25, 0.3) is 0 Å². The molecule has 0 unspecified atom stereocenters. The first-order chi connectivity index (χ1) is 5.86. The third kappa shape index (κ3) is 2.46. The Hall–Kier alpha value is -1.18. The summed E-state index contributed by atoms with van der Waals surface area (Å²) in [6.07, 6.45) is 1.13. The average Bonchev–Trinajstić information content (AvgIpc) is 2.53. The van der Waals surface area contributed by atoms with Crippen molar-refractivity contribution in [1.82, 2.24) is 4.98 Å². The van der Waals surface area contributed by atoms with E-state index in [-0.39, 0.29) is 6.61 Å². The minimum absolute atomic E-state index is 0.0532. The SMILES string of the molecule is O=Cc1nc(C#CCCO)cs1. The molecular weight excluding hydrogens is 174 g/mol. The highest BCUT2D eigenvalue weighted by Gasteiger charge is 1.95. The minimum Gasteiger partial charge on any atom is -0.395 e. The number of hydrogen-bond acceptors (Lipinski definition) is 4. The molecule has 0 aliphatic heterocycles. The van der Waals surface area contributed by atoms with Gasteiger partial charge in [-0.2, -0.15) is 0 Å². The van der Waals surface area contributed by atoms with Crippen molar-refractivity contribution in [3.05, 3.63) is 16.1 Å². The second-order valence-corrected chi connectivity index (χ2v) is 2.85. The number of aldehydes is 1. The van der Waals surface area contributed by atoms with Crippen molar-refractivity contribution in [2.45, 2.75) is 6.42 Å². The highest BCUT2D eigenvalue weighted by molar-refractivity contribution is 7.11. The van der Waals surface area contributed by atoms with E-state index in [1.54, 1.807) is 5.38 Å². The van der Waals surface area contributed by atoms with Crippen LogP contribution < -0.4 is 0 Å². The molecule has 1 N–H and O–H groups in total. The van der Waals surface area contributed by atoms with Gasteiger partial charge in [0, 0.05) is 11.8 Å². The van der Waals surface area contributed by atoms with Gasteiger partial charge < -0.3 is 5.11 Å². The van der Waals surface area contributed by atoms with E-state index in [2.05, 4.69) is 16.8 Å². The monoisotopic (exact) mass is 181 g/mol. The Morgan fingerprint density at radius 2 is 2.58 bits per heavy atom. The molecule has 0 spiro atoms. The summed E-state index contributed by atoms with van der Waals surface area (Å²) in [6.45, 7) is 0.0532. The Labute approximate surface area is 74.1 Å². The first kappa shape index (κ1) is 8.91.